The molecule has 0 radical (unpaired) electrons. The Kier molecular flexibility index (Phi) is 4.47. The van der Waals surface area contributed by atoms with Gasteiger partial charge in [0.25, 0.3) is 0 Å². The van der Waals surface area contributed by atoms with Gasteiger partial charge in [-0.2, -0.15) is 0 Å². The van der Waals surface area contributed by atoms with Crippen molar-refractivity contribution in [3.05, 3.63) is 23.4 Å². The number of hydrogen-bond donors (Lipinski definition) is 0. The van der Waals surface area contributed by atoms with Gasteiger partial charge in [-0.1, -0.05) is 13.3 Å². The van der Waals surface area contributed by atoms with Gasteiger partial charge in [0.1, 0.15) is 5.82 Å². The summed E-state index contributed by atoms with van der Waals surface area (Å²) in [7, 11) is 0. The van der Waals surface area contributed by atoms with E-state index in [0.29, 0.717) is 5.88 Å². The maximum atomic E-state index is 6.03. The van der Waals surface area contributed by atoms with Gasteiger partial charge in [0.2, 0.25) is 0 Å². The average Bonchev–Trinajstić information content (AvgIpc) is 3.32. The number of aryl methyl sites for hydroxylation is 1. The summed E-state index contributed by atoms with van der Waals surface area (Å²) in [5.41, 5.74) is 2.38. The van der Waals surface area contributed by atoms with Crippen molar-refractivity contribution in [1.82, 2.24) is 9.88 Å². The molecule has 0 aromatic carbocycles. The highest BCUT2D eigenvalue weighted by atomic mass is 35.5. The molecule has 1 aliphatic heterocycles. The summed E-state index contributed by atoms with van der Waals surface area (Å²) in [6.45, 7) is 6.76. The molecule has 1 saturated carbocycles. The van der Waals surface area contributed by atoms with E-state index in [9.17, 15) is 0 Å². The summed E-state index contributed by atoms with van der Waals surface area (Å²) < 4.78 is 0. The predicted octanol–water partition coefficient (Wildman–Crippen LogP) is 3.06. The second kappa shape index (κ2) is 6.31. The van der Waals surface area contributed by atoms with Crippen molar-refractivity contribution in [2.75, 3.05) is 31.1 Å². The minimum Gasteiger partial charge on any atom is -0.354 e. The van der Waals surface area contributed by atoms with Gasteiger partial charge >= 0.3 is 0 Å². The first-order valence-electron chi connectivity index (χ1n) is 7.85. The third-order valence-electron chi connectivity index (χ3n) is 4.29. The molecular weight excluding hydrogens is 270 g/mol. The van der Waals surface area contributed by atoms with E-state index < -0.39 is 0 Å². The van der Waals surface area contributed by atoms with Crippen molar-refractivity contribution in [3.8, 4) is 0 Å². The third kappa shape index (κ3) is 3.26. The largest absolute Gasteiger partial charge is 0.354 e. The van der Waals surface area contributed by atoms with Crippen LogP contribution in [-0.4, -0.2) is 42.1 Å². The summed E-state index contributed by atoms with van der Waals surface area (Å²) in [4.78, 5) is 9.89. The smallest absolute Gasteiger partial charge is 0.129 e. The van der Waals surface area contributed by atoms with Crippen molar-refractivity contribution in [2.45, 2.75) is 44.5 Å². The molecule has 2 fully saturated rings. The molecule has 110 valence electrons. The highest BCUT2D eigenvalue weighted by molar-refractivity contribution is 6.17. The van der Waals surface area contributed by atoms with Crippen LogP contribution < -0.4 is 4.90 Å². The Morgan fingerprint density at radius 3 is 2.55 bits per heavy atom. The maximum Gasteiger partial charge on any atom is 0.129 e. The Bertz CT molecular complexity index is 451. The average molecular weight is 294 g/mol. The fourth-order valence-corrected chi connectivity index (χ4v) is 3.17. The Hall–Kier alpha value is -0.800. The monoisotopic (exact) mass is 293 g/mol. The molecule has 1 saturated heterocycles. The van der Waals surface area contributed by atoms with E-state index in [-0.39, 0.29) is 0 Å². The Morgan fingerprint density at radius 2 is 1.95 bits per heavy atom. The summed E-state index contributed by atoms with van der Waals surface area (Å²) in [6.07, 6.45) is 4.98. The molecule has 2 heterocycles. The minimum absolute atomic E-state index is 0.578. The number of nitrogens with zero attached hydrogens (tertiary/aromatic N) is 3. The first-order chi connectivity index (χ1) is 9.80. The molecule has 3 nitrogen and oxygen atoms in total. The zero-order chi connectivity index (χ0) is 13.9. The van der Waals surface area contributed by atoms with Crippen LogP contribution in [0.4, 0.5) is 5.82 Å². The van der Waals surface area contributed by atoms with E-state index in [1.807, 2.05) is 0 Å². The lowest BCUT2D eigenvalue weighted by Gasteiger charge is -2.35. The number of alkyl halides is 1. The highest BCUT2D eigenvalue weighted by Gasteiger charge is 2.31. The maximum absolute atomic E-state index is 6.03. The molecule has 1 aromatic heterocycles. The number of pyridine rings is 1. The van der Waals surface area contributed by atoms with Crippen LogP contribution in [0.25, 0.3) is 0 Å². The summed E-state index contributed by atoms with van der Waals surface area (Å²) in [5, 5.41) is 0. The number of piperazine rings is 1. The molecular formula is C16H24ClN3. The lowest BCUT2D eigenvalue weighted by Crippen LogP contribution is -2.47. The van der Waals surface area contributed by atoms with Gasteiger partial charge in [0.05, 0.1) is 0 Å². The second-order valence-corrected chi connectivity index (χ2v) is 6.23. The predicted molar refractivity (Wildman–Crippen MR) is 84.6 cm³/mol. The van der Waals surface area contributed by atoms with E-state index in [2.05, 4.69) is 28.9 Å². The molecule has 2 aliphatic rings. The molecule has 4 heteroatoms. The first-order valence-corrected chi connectivity index (χ1v) is 8.38. The van der Waals surface area contributed by atoms with Crippen LogP contribution in [0.2, 0.25) is 0 Å². The van der Waals surface area contributed by atoms with Crippen LogP contribution in [-0.2, 0) is 12.3 Å². The fraction of sp³-hybridized carbons (Fsp3) is 0.688. The lowest BCUT2D eigenvalue weighted by molar-refractivity contribution is 0.247. The number of anilines is 1. The van der Waals surface area contributed by atoms with Crippen LogP contribution in [0.3, 0.4) is 0 Å². The van der Waals surface area contributed by atoms with Crippen molar-refractivity contribution in [1.29, 1.82) is 0 Å². The molecule has 0 atom stereocenters. The van der Waals surface area contributed by atoms with E-state index >= 15 is 0 Å². The zero-order valence-corrected chi connectivity index (χ0v) is 13.1. The number of aromatic nitrogens is 1. The van der Waals surface area contributed by atoms with Crippen LogP contribution in [0.5, 0.6) is 0 Å². The molecule has 0 spiro atoms. The van der Waals surface area contributed by atoms with Crippen LogP contribution in [0.15, 0.2) is 12.1 Å². The SMILES string of the molecule is CCCc1cc(CCl)cc(N2CCN(C3CC3)CC2)n1. The van der Waals surface area contributed by atoms with Crippen molar-refractivity contribution >= 4 is 17.4 Å². The van der Waals surface area contributed by atoms with Gasteiger partial charge in [-0.25, -0.2) is 4.98 Å². The molecule has 1 aliphatic carbocycles. The fourth-order valence-electron chi connectivity index (χ4n) is 3.01. The Balaban J connectivity index is 1.70. The van der Waals surface area contributed by atoms with Gasteiger partial charge in [-0.15, -0.1) is 11.6 Å². The molecule has 1 aromatic rings. The quantitative estimate of drug-likeness (QED) is 0.778. The topological polar surface area (TPSA) is 19.4 Å². The van der Waals surface area contributed by atoms with Crippen LogP contribution in [0.1, 0.15) is 37.4 Å². The van der Waals surface area contributed by atoms with E-state index in [1.165, 1.54) is 37.2 Å². The van der Waals surface area contributed by atoms with E-state index in [1.54, 1.807) is 0 Å². The van der Waals surface area contributed by atoms with Gasteiger partial charge < -0.3 is 4.90 Å². The van der Waals surface area contributed by atoms with Crippen molar-refractivity contribution < 1.29 is 0 Å². The number of rotatable bonds is 5. The van der Waals surface area contributed by atoms with Crippen molar-refractivity contribution in [2.24, 2.45) is 0 Å². The minimum atomic E-state index is 0.578. The van der Waals surface area contributed by atoms with Crippen LogP contribution >= 0.6 is 11.6 Å². The second-order valence-electron chi connectivity index (χ2n) is 5.96. The molecule has 20 heavy (non-hydrogen) atoms. The normalized spacial score (nSPS) is 20.4. The van der Waals surface area contributed by atoms with Gasteiger partial charge in [0.15, 0.2) is 0 Å². The molecule has 3 rings (SSSR count). The molecule has 0 amide bonds. The number of hydrogen-bond acceptors (Lipinski definition) is 3. The molecule has 0 unspecified atom stereocenters. The van der Waals surface area contributed by atoms with Crippen molar-refractivity contribution in [3.63, 3.8) is 0 Å². The van der Waals surface area contributed by atoms with Gasteiger partial charge in [-0.05, 0) is 37.0 Å². The number of halogens is 1. The molecule has 0 N–H and O–H groups in total. The summed E-state index contributed by atoms with van der Waals surface area (Å²) >= 11 is 6.03. The van der Waals surface area contributed by atoms with Crippen LogP contribution in [0, 0.1) is 0 Å². The van der Waals surface area contributed by atoms with Gasteiger partial charge in [-0.3, -0.25) is 4.90 Å². The van der Waals surface area contributed by atoms with E-state index in [4.69, 9.17) is 16.6 Å². The third-order valence-corrected chi connectivity index (χ3v) is 4.60. The molecule has 0 bridgehead atoms. The zero-order valence-electron chi connectivity index (χ0n) is 12.3. The standard InChI is InChI=1S/C16H24ClN3/c1-2-3-14-10-13(12-17)11-16(18-14)20-8-6-19(7-9-20)15-4-5-15/h10-11,15H,2-9,12H2,1H3. The van der Waals surface area contributed by atoms with E-state index in [0.717, 1.165) is 37.8 Å². The van der Waals surface area contributed by atoms with Gasteiger partial charge in [0, 0.05) is 43.8 Å². The summed E-state index contributed by atoms with van der Waals surface area (Å²) in [6, 6.07) is 5.20. The first kappa shape index (κ1) is 14.2. The Labute approximate surface area is 126 Å². The lowest BCUT2D eigenvalue weighted by atomic mass is 10.1. The Morgan fingerprint density at radius 1 is 1.20 bits per heavy atom. The summed E-state index contributed by atoms with van der Waals surface area (Å²) in [5.74, 6) is 1.70. The highest BCUT2D eigenvalue weighted by Crippen LogP contribution is 2.28.